The van der Waals surface area contributed by atoms with E-state index >= 15 is 0 Å². The number of aromatic nitrogens is 2. The molecule has 6 heteroatoms. The number of hydrogen-bond donors (Lipinski definition) is 1. The van der Waals surface area contributed by atoms with Gasteiger partial charge in [0.2, 0.25) is 5.91 Å². The molecule has 0 radical (unpaired) electrons. The molecule has 0 fully saturated rings. The molecular weight excluding hydrogens is 321 g/mol. The lowest BCUT2D eigenvalue weighted by Crippen LogP contribution is -2.13. The van der Waals surface area contributed by atoms with Crippen molar-refractivity contribution in [1.29, 1.82) is 0 Å². The van der Waals surface area contributed by atoms with Crippen molar-refractivity contribution >= 4 is 11.6 Å². The highest BCUT2D eigenvalue weighted by molar-refractivity contribution is 5.92. The highest BCUT2D eigenvalue weighted by Crippen LogP contribution is 2.25. The second-order valence-corrected chi connectivity index (χ2v) is 5.96. The van der Waals surface area contributed by atoms with Crippen molar-refractivity contribution in [2.24, 2.45) is 7.05 Å². The predicted octanol–water partition coefficient (Wildman–Crippen LogP) is 4.01. The number of carbonyl (C=O) groups excluding carboxylic acids is 1. The molecule has 130 valence electrons. The van der Waals surface area contributed by atoms with Crippen LogP contribution in [-0.2, 0) is 18.3 Å². The molecule has 1 aromatic carbocycles. The summed E-state index contributed by atoms with van der Waals surface area (Å²) in [4.78, 5) is 12.2. The van der Waals surface area contributed by atoms with Gasteiger partial charge in [-0.25, -0.2) is 4.39 Å². The summed E-state index contributed by atoms with van der Waals surface area (Å²) in [7, 11) is 1.84. The molecule has 2 aromatic heterocycles. The fourth-order valence-electron chi connectivity index (χ4n) is 2.71. The highest BCUT2D eigenvalue weighted by atomic mass is 19.1. The van der Waals surface area contributed by atoms with E-state index in [4.69, 9.17) is 4.42 Å². The number of aryl methyl sites for hydroxylation is 3. The zero-order valence-corrected chi connectivity index (χ0v) is 14.5. The monoisotopic (exact) mass is 341 g/mol. The van der Waals surface area contributed by atoms with Crippen molar-refractivity contribution in [2.45, 2.75) is 26.7 Å². The molecule has 1 N–H and O–H groups in total. The van der Waals surface area contributed by atoms with Crippen molar-refractivity contribution in [3.8, 4) is 11.3 Å². The van der Waals surface area contributed by atoms with Crippen molar-refractivity contribution in [1.82, 2.24) is 9.78 Å². The van der Waals surface area contributed by atoms with Crippen LogP contribution in [0.15, 0.2) is 40.8 Å². The number of rotatable bonds is 5. The summed E-state index contributed by atoms with van der Waals surface area (Å²) in [5.41, 5.74) is 2.86. The maximum Gasteiger partial charge on any atom is 0.224 e. The third kappa shape index (κ3) is 3.63. The first kappa shape index (κ1) is 17.0. The molecule has 3 aromatic rings. The van der Waals surface area contributed by atoms with Gasteiger partial charge >= 0.3 is 0 Å². The van der Waals surface area contributed by atoms with Crippen LogP contribution in [0.1, 0.15) is 23.6 Å². The number of amides is 1. The third-order valence-electron chi connectivity index (χ3n) is 4.17. The van der Waals surface area contributed by atoms with E-state index in [1.807, 2.05) is 20.9 Å². The topological polar surface area (TPSA) is 60.1 Å². The van der Waals surface area contributed by atoms with Crippen LogP contribution in [0, 0.1) is 19.7 Å². The first-order chi connectivity index (χ1) is 12.0. The quantitative estimate of drug-likeness (QED) is 0.763. The van der Waals surface area contributed by atoms with Crippen LogP contribution in [0.4, 0.5) is 10.1 Å². The molecule has 0 atom stereocenters. The van der Waals surface area contributed by atoms with Gasteiger partial charge in [-0.3, -0.25) is 9.48 Å². The molecule has 3 rings (SSSR count). The Morgan fingerprint density at radius 2 is 2.00 bits per heavy atom. The summed E-state index contributed by atoms with van der Waals surface area (Å²) >= 11 is 0. The molecular formula is C19H20FN3O2. The Morgan fingerprint density at radius 3 is 2.68 bits per heavy atom. The molecule has 2 heterocycles. The normalized spacial score (nSPS) is 10.9. The summed E-state index contributed by atoms with van der Waals surface area (Å²) in [5, 5.41) is 7.17. The lowest BCUT2D eigenvalue weighted by atomic mass is 10.1. The fourth-order valence-corrected chi connectivity index (χ4v) is 2.71. The predicted molar refractivity (Wildman–Crippen MR) is 93.7 cm³/mol. The SMILES string of the molecule is Cc1nn(C)c(C)c1NC(=O)CCc1ccc(-c2ccccc2F)o1. The second kappa shape index (κ2) is 6.93. The molecule has 0 aliphatic carbocycles. The molecule has 25 heavy (non-hydrogen) atoms. The van der Waals surface area contributed by atoms with E-state index in [-0.39, 0.29) is 18.1 Å². The first-order valence-electron chi connectivity index (χ1n) is 8.09. The minimum absolute atomic E-state index is 0.108. The maximum atomic E-state index is 13.8. The van der Waals surface area contributed by atoms with Gasteiger partial charge in [-0.05, 0) is 38.1 Å². The molecule has 0 unspecified atom stereocenters. The highest BCUT2D eigenvalue weighted by Gasteiger charge is 2.14. The van der Waals surface area contributed by atoms with Gasteiger partial charge in [-0.2, -0.15) is 5.10 Å². The largest absolute Gasteiger partial charge is 0.461 e. The van der Waals surface area contributed by atoms with Gasteiger partial charge in [0.15, 0.2) is 0 Å². The van der Waals surface area contributed by atoms with E-state index in [0.717, 1.165) is 17.1 Å². The fraction of sp³-hybridized carbons (Fsp3) is 0.263. The number of nitrogens with zero attached hydrogens (tertiary/aromatic N) is 2. The van der Waals surface area contributed by atoms with Crippen LogP contribution in [-0.4, -0.2) is 15.7 Å². The maximum absolute atomic E-state index is 13.8. The van der Waals surface area contributed by atoms with Gasteiger partial charge in [0, 0.05) is 19.9 Å². The van der Waals surface area contributed by atoms with E-state index in [1.165, 1.54) is 6.07 Å². The molecule has 5 nitrogen and oxygen atoms in total. The van der Waals surface area contributed by atoms with Crippen molar-refractivity contribution in [3.63, 3.8) is 0 Å². The Morgan fingerprint density at radius 1 is 1.24 bits per heavy atom. The van der Waals surface area contributed by atoms with E-state index < -0.39 is 0 Å². The summed E-state index contributed by atoms with van der Waals surface area (Å²) < 4.78 is 21.2. The number of nitrogens with one attached hydrogen (secondary N) is 1. The Labute approximate surface area is 145 Å². The first-order valence-corrected chi connectivity index (χ1v) is 8.09. The smallest absolute Gasteiger partial charge is 0.224 e. The molecule has 0 aliphatic rings. The summed E-state index contributed by atoms with van der Waals surface area (Å²) in [6, 6.07) is 9.95. The Kier molecular flexibility index (Phi) is 4.70. The van der Waals surface area contributed by atoms with Gasteiger partial charge in [0.25, 0.3) is 0 Å². The van der Waals surface area contributed by atoms with Gasteiger partial charge in [0.05, 0.1) is 22.6 Å². The number of carbonyl (C=O) groups is 1. The van der Waals surface area contributed by atoms with Crippen molar-refractivity contribution < 1.29 is 13.6 Å². The van der Waals surface area contributed by atoms with Crippen LogP contribution in [0.2, 0.25) is 0 Å². The molecule has 0 saturated heterocycles. The molecule has 0 bridgehead atoms. The number of anilines is 1. The van der Waals surface area contributed by atoms with E-state index in [1.54, 1.807) is 35.0 Å². The van der Waals surface area contributed by atoms with E-state index in [0.29, 0.717) is 23.5 Å². The second-order valence-electron chi connectivity index (χ2n) is 5.96. The van der Waals surface area contributed by atoms with Crippen LogP contribution >= 0.6 is 0 Å². The molecule has 1 amide bonds. The molecule has 0 spiro atoms. The third-order valence-corrected chi connectivity index (χ3v) is 4.17. The lowest BCUT2D eigenvalue weighted by Gasteiger charge is -2.05. The van der Waals surface area contributed by atoms with E-state index in [9.17, 15) is 9.18 Å². The standard InChI is InChI=1S/C19H20FN3O2/c1-12-19(13(2)23(3)22-12)21-18(24)11-9-14-8-10-17(25-14)15-6-4-5-7-16(15)20/h4-8,10H,9,11H2,1-3H3,(H,21,24). The Balaban J connectivity index is 1.62. The minimum atomic E-state index is -0.330. The zero-order chi connectivity index (χ0) is 18.0. The van der Waals surface area contributed by atoms with Gasteiger partial charge in [0.1, 0.15) is 17.3 Å². The zero-order valence-electron chi connectivity index (χ0n) is 14.5. The lowest BCUT2D eigenvalue weighted by molar-refractivity contribution is -0.116. The van der Waals surface area contributed by atoms with Gasteiger partial charge in [-0.1, -0.05) is 12.1 Å². The van der Waals surface area contributed by atoms with Crippen LogP contribution < -0.4 is 5.32 Å². The van der Waals surface area contributed by atoms with Crippen LogP contribution in [0.5, 0.6) is 0 Å². The van der Waals surface area contributed by atoms with E-state index in [2.05, 4.69) is 10.4 Å². The summed E-state index contributed by atoms with van der Waals surface area (Å²) in [5.74, 6) is 0.673. The average molecular weight is 341 g/mol. The number of benzene rings is 1. The number of furan rings is 1. The average Bonchev–Trinajstić information content (AvgIpc) is 3.14. The Hall–Kier alpha value is -2.89. The Bertz CT molecular complexity index is 911. The summed E-state index contributed by atoms with van der Waals surface area (Å²) in [6.45, 7) is 3.76. The molecule has 0 aliphatic heterocycles. The minimum Gasteiger partial charge on any atom is -0.461 e. The van der Waals surface area contributed by atoms with Crippen molar-refractivity contribution in [3.05, 3.63) is 59.4 Å². The van der Waals surface area contributed by atoms with Gasteiger partial charge < -0.3 is 9.73 Å². The van der Waals surface area contributed by atoms with Crippen LogP contribution in [0.3, 0.4) is 0 Å². The number of hydrogen-bond acceptors (Lipinski definition) is 3. The van der Waals surface area contributed by atoms with Crippen LogP contribution in [0.25, 0.3) is 11.3 Å². The summed E-state index contributed by atoms with van der Waals surface area (Å²) in [6.07, 6.45) is 0.719. The molecule has 0 saturated carbocycles. The van der Waals surface area contributed by atoms with Crippen molar-refractivity contribution in [2.75, 3.05) is 5.32 Å². The van der Waals surface area contributed by atoms with Gasteiger partial charge in [-0.15, -0.1) is 0 Å². The number of halogens is 1.